The maximum absolute atomic E-state index is 15.0. The van der Waals surface area contributed by atoms with Crippen LogP contribution < -0.4 is 4.31 Å². The average Bonchev–Trinajstić information content (AvgIpc) is 3.77. The fourth-order valence-corrected chi connectivity index (χ4v) is 7.38. The van der Waals surface area contributed by atoms with E-state index in [-0.39, 0.29) is 24.7 Å². The minimum Gasteiger partial charge on any atom is -0.361 e. The molecule has 0 radical (unpaired) electrons. The molecular formula is C29H29Cl2FN2O4S. The summed E-state index contributed by atoms with van der Waals surface area (Å²) in [6.07, 6.45) is 0.928. The highest BCUT2D eigenvalue weighted by Crippen LogP contribution is 2.43. The second-order valence-corrected chi connectivity index (χ2v) is 12.9. The Morgan fingerprint density at radius 3 is 2.36 bits per heavy atom. The third kappa shape index (κ3) is 5.80. The number of anilines is 1. The van der Waals surface area contributed by atoms with Gasteiger partial charge in [0, 0.05) is 10.0 Å². The summed E-state index contributed by atoms with van der Waals surface area (Å²) in [5, 5.41) is 0.518. The third-order valence-electron chi connectivity index (χ3n) is 7.26. The SMILES string of the molecule is CCC(CN(c1ccccc1F)S(=O)(=O)C1CC1)N1C(=O)CO[C@H](c2cccc(Cl)c2)[C@H]1c1ccc(Cl)cc1. The van der Waals surface area contributed by atoms with Crippen molar-refractivity contribution in [2.75, 3.05) is 17.5 Å². The molecule has 1 aliphatic heterocycles. The predicted octanol–water partition coefficient (Wildman–Crippen LogP) is 6.55. The minimum atomic E-state index is -3.83. The Bertz CT molecular complexity index is 1450. The van der Waals surface area contributed by atoms with Crippen LogP contribution in [0.3, 0.4) is 0 Å². The lowest BCUT2D eigenvalue weighted by atomic mass is 9.91. The van der Waals surface area contributed by atoms with E-state index in [9.17, 15) is 17.6 Å². The van der Waals surface area contributed by atoms with Crippen LogP contribution in [-0.4, -0.2) is 43.7 Å². The van der Waals surface area contributed by atoms with E-state index in [2.05, 4.69) is 0 Å². The van der Waals surface area contributed by atoms with Gasteiger partial charge in [0.1, 0.15) is 18.5 Å². The molecule has 0 aromatic heterocycles. The van der Waals surface area contributed by atoms with E-state index in [0.717, 1.165) is 15.4 Å². The van der Waals surface area contributed by atoms with Crippen LogP contribution in [0, 0.1) is 5.82 Å². The first-order valence-electron chi connectivity index (χ1n) is 12.9. The molecule has 0 bridgehead atoms. The van der Waals surface area contributed by atoms with Gasteiger partial charge in [-0.1, -0.05) is 66.5 Å². The first-order valence-corrected chi connectivity index (χ1v) is 15.2. The molecule has 3 atom stereocenters. The quantitative estimate of drug-likeness (QED) is 0.283. The number of rotatable bonds is 9. The van der Waals surface area contributed by atoms with Crippen molar-refractivity contribution in [2.45, 2.75) is 49.6 Å². The zero-order chi connectivity index (χ0) is 27.7. The van der Waals surface area contributed by atoms with Gasteiger partial charge in [0.25, 0.3) is 0 Å². The van der Waals surface area contributed by atoms with Crippen molar-refractivity contribution >= 4 is 44.8 Å². The van der Waals surface area contributed by atoms with Crippen LogP contribution in [0.1, 0.15) is 49.5 Å². The summed E-state index contributed by atoms with van der Waals surface area (Å²) >= 11 is 12.5. The van der Waals surface area contributed by atoms with E-state index in [1.165, 1.54) is 18.2 Å². The van der Waals surface area contributed by atoms with E-state index >= 15 is 0 Å². The number of morpholine rings is 1. The van der Waals surface area contributed by atoms with E-state index in [1.54, 1.807) is 35.2 Å². The predicted molar refractivity (Wildman–Crippen MR) is 151 cm³/mol. The van der Waals surface area contributed by atoms with Crippen molar-refractivity contribution in [1.82, 2.24) is 4.90 Å². The summed E-state index contributed by atoms with van der Waals surface area (Å²) in [6.45, 7) is 1.62. The first-order chi connectivity index (χ1) is 18.7. The van der Waals surface area contributed by atoms with Crippen molar-refractivity contribution in [3.8, 4) is 0 Å². The van der Waals surface area contributed by atoms with Crippen LogP contribution in [0.25, 0.3) is 0 Å². The molecule has 0 N–H and O–H groups in total. The molecule has 1 saturated heterocycles. The van der Waals surface area contributed by atoms with Crippen LogP contribution in [0.2, 0.25) is 10.0 Å². The van der Waals surface area contributed by atoms with E-state index in [4.69, 9.17) is 27.9 Å². The summed E-state index contributed by atoms with van der Waals surface area (Å²) in [6, 6.07) is 19.1. The van der Waals surface area contributed by atoms with Gasteiger partial charge in [0.05, 0.1) is 29.6 Å². The Kier molecular flexibility index (Phi) is 8.19. The highest BCUT2D eigenvalue weighted by atomic mass is 35.5. The topological polar surface area (TPSA) is 66.9 Å². The molecular weight excluding hydrogens is 562 g/mol. The standard InChI is InChI=1S/C29H29Cl2FN2O4S/c1-2-23(17-33(39(36,37)24-14-15-24)26-9-4-3-8-25(26)32)34-27(35)18-38-29(20-6-5-7-22(31)16-20)28(34)19-10-12-21(30)13-11-19/h3-13,16,23-24,28-29H,2,14-15,17-18H2,1H3/t23?,28-,29-/m1/s1. The van der Waals surface area contributed by atoms with Crippen molar-refractivity contribution < 1.29 is 22.3 Å². The van der Waals surface area contributed by atoms with Gasteiger partial charge in [0.15, 0.2) is 0 Å². The number of hydrogen-bond donors (Lipinski definition) is 0. The monoisotopic (exact) mass is 590 g/mol. The maximum Gasteiger partial charge on any atom is 0.249 e. The molecule has 1 heterocycles. The zero-order valence-electron chi connectivity index (χ0n) is 21.3. The van der Waals surface area contributed by atoms with Gasteiger partial charge >= 0.3 is 0 Å². The number of amides is 1. The number of hydrogen-bond acceptors (Lipinski definition) is 4. The fourth-order valence-electron chi connectivity index (χ4n) is 5.16. The second kappa shape index (κ2) is 11.5. The van der Waals surface area contributed by atoms with Gasteiger partial charge in [-0.2, -0.15) is 0 Å². The Morgan fingerprint density at radius 2 is 1.72 bits per heavy atom. The molecule has 0 spiro atoms. The highest BCUT2D eigenvalue weighted by Gasteiger charge is 2.46. The first kappa shape index (κ1) is 27.9. The number of nitrogens with zero attached hydrogens (tertiary/aromatic N) is 2. The fraction of sp³-hybridized carbons (Fsp3) is 0.345. The number of carbonyl (C=O) groups is 1. The van der Waals surface area contributed by atoms with E-state index in [1.807, 2.05) is 31.2 Å². The van der Waals surface area contributed by atoms with Crippen molar-refractivity contribution in [2.24, 2.45) is 0 Å². The number of ether oxygens (including phenoxy) is 1. The molecule has 2 fully saturated rings. The van der Waals surface area contributed by atoms with Crippen LogP contribution in [0.5, 0.6) is 0 Å². The molecule has 5 rings (SSSR count). The minimum absolute atomic E-state index is 0.0157. The van der Waals surface area contributed by atoms with Crippen LogP contribution in [-0.2, 0) is 19.6 Å². The molecule has 10 heteroatoms. The number of benzene rings is 3. The van der Waals surface area contributed by atoms with Gasteiger partial charge in [-0.15, -0.1) is 0 Å². The van der Waals surface area contributed by atoms with Crippen molar-refractivity contribution in [3.05, 3.63) is 99.8 Å². The molecule has 1 unspecified atom stereocenters. The summed E-state index contributed by atoms with van der Waals surface area (Å²) in [5.74, 6) is -0.909. The number of carbonyl (C=O) groups excluding carboxylic acids is 1. The van der Waals surface area contributed by atoms with E-state index in [0.29, 0.717) is 29.3 Å². The van der Waals surface area contributed by atoms with Crippen LogP contribution >= 0.6 is 23.2 Å². The van der Waals surface area contributed by atoms with Crippen molar-refractivity contribution in [3.63, 3.8) is 0 Å². The maximum atomic E-state index is 15.0. The number of para-hydroxylation sites is 1. The lowest BCUT2D eigenvalue weighted by Gasteiger charge is -2.46. The van der Waals surface area contributed by atoms with Gasteiger partial charge in [-0.3, -0.25) is 9.10 Å². The molecule has 3 aromatic carbocycles. The molecule has 6 nitrogen and oxygen atoms in total. The van der Waals surface area contributed by atoms with E-state index < -0.39 is 39.3 Å². The normalized spacial score (nSPS) is 20.6. The molecule has 206 valence electrons. The summed E-state index contributed by atoms with van der Waals surface area (Å²) < 4.78 is 49.4. The lowest BCUT2D eigenvalue weighted by Crippen LogP contribution is -2.55. The lowest BCUT2D eigenvalue weighted by molar-refractivity contribution is -0.163. The second-order valence-electron chi connectivity index (χ2n) is 9.87. The Balaban J connectivity index is 1.59. The van der Waals surface area contributed by atoms with Gasteiger partial charge in [0.2, 0.25) is 15.9 Å². The Morgan fingerprint density at radius 1 is 1.00 bits per heavy atom. The number of sulfonamides is 1. The number of halogens is 3. The van der Waals surface area contributed by atoms with Gasteiger partial charge in [-0.25, -0.2) is 12.8 Å². The van der Waals surface area contributed by atoms with Crippen LogP contribution in [0.4, 0.5) is 10.1 Å². The van der Waals surface area contributed by atoms with Crippen LogP contribution in [0.15, 0.2) is 72.8 Å². The Labute approximate surface area is 238 Å². The molecule has 39 heavy (non-hydrogen) atoms. The smallest absolute Gasteiger partial charge is 0.249 e. The third-order valence-corrected chi connectivity index (χ3v) is 10.0. The summed E-state index contributed by atoms with van der Waals surface area (Å²) in [7, 11) is -3.83. The summed E-state index contributed by atoms with van der Waals surface area (Å²) in [5.41, 5.74) is 1.54. The zero-order valence-corrected chi connectivity index (χ0v) is 23.7. The average molecular weight is 592 g/mol. The molecule has 1 aliphatic carbocycles. The molecule has 2 aliphatic rings. The van der Waals surface area contributed by atoms with Gasteiger partial charge in [-0.05, 0) is 66.8 Å². The molecule has 1 amide bonds. The van der Waals surface area contributed by atoms with Gasteiger partial charge < -0.3 is 9.64 Å². The molecule has 1 saturated carbocycles. The Hall–Kier alpha value is -2.65. The largest absolute Gasteiger partial charge is 0.361 e. The highest BCUT2D eigenvalue weighted by molar-refractivity contribution is 7.93. The summed E-state index contributed by atoms with van der Waals surface area (Å²) in [4.78, 5) is 15.3. The molecule has 3 aromatic rings. The van der Waals surface area contributed by atoms with Crippen molar-refractivity contribution in [1.29, 1.82) is 0 Å².